The van der Waals surface area contributed by atoms with Gasteiger partial charge >= 0.3 is 27.2 Å². The summed E-state index contributed by atoms with van der Waals surface area (Å²) in [5.41, 5.74) is 0. The van der Waals surface area contributed by atoms with Crippen LogP contribution in [-0.4, -0.2) is 23.5 Å². The Hall–Kier alpha value is 0.278. The molecule has 0 rings (SSSR count). The van der Waals surface area contributed by atoms with Gasteiger partial charge in [-0.3, -0.25) is 0 Å². The first-order valence-corrected chi connectivity index (χ1v) is 3.03. The van der Waals surface area contributed by atoms with E-state index in [1.165, 1.54) is 0 Å². The molecular formula is CH6AsO3. The van der Waals surface area contributed by atoms with Gasteiger partial charge in [-0.25, -0.2) is 0 Å². The van der Waals surface area contributed by atoms with Crippen molar-refractivity contribution in [3.63, 3.8) is 0 Å². The molecule has 0 aliphatic rings. The Morgan fingerprint density at radius 1 is 1.40 bits per heavy atom. The molecule has 0 heterocycles. The fourth-order valence-corrected chi connectivity index (χ4v) is 0. The second-order valence-corrected chi connectivity index (χ2v) is 1.31. The molecule has 33 valence electrons. The number of hydrogen-bond donors (Lipinski definition) is 2. The van der Waals surface area contributed by atoms with E-state index in [1.54, 1.807) is 0 Å². The minimum absolute atomic E-state index is 0. The van der Waals surface area contributed by atoms with E-state index in [-0.39, 0.29) is 7.43 Å². The van der Waals surface area contributed by atoms with Crippen molar-refractivity contribution in [3.05, 3.63) is 0 Å². The Balaban J connectivity index is 0. The van der Waals surface area contributed by atoms with Gasteiger partial charge < -0.3 is 0 Å². The van der Waals surface area contributed by atoms with Gasteiger partial charge in [0.05, 0.1) is 0 Å². The monoisotopic (exact) mass is 141 g/mol. The van der Waals surface area contributed by atoms with E-state index in [0.717, 1.165) is 0 Å². The van der Waals surface area contributed by atoms with E-state index >= 15 is 0 Å². The van der Waals surface area contributed by atoms with Crippen LogP contribution in [0.15, 0.2) is 0 Å². The minimum atomic E-state index is -3.44. The quantitative estimate of drug-likeness (QED) is 0.426. The van der Waals surface area contributed by atoms with Gasteiger partial charge in [0.2, 0.25) is 0 Å². The molecule has 0 fully saturated rings. The van der Waals surface area contributed by atoms with Crippen molar-refractivity contribution in [3.8, 4) is 0 Å². The van der Waals surface area contributed by atoms with E-state index in [0.29, 0.717) is 0 Å². The summed E-state index contributed by atoms with van der Waals surface area (Å²) in [5.74, 6) is 0. The van der Waals surface area contributed by atoms with Crippen molar-refractivity contribution in [2.75, 3.05) is 0 Å². The van der Waals surface area contributed by atoms with Crippen LogP contribution in [-0.2, 0) is 3.74 Å². The molecule has 3 nitrogen and oxygen atoms in total. The summed E-state index contributed by atoms with van der Waals surface area (Å²) in [6.07, 6.45) is 0. The molecule has 0 aliphatic carbocycles. The summed E-state index contributed by atoms with van der Waals surface area (Å²) in [4.78, 5) is 0. The van der Waals surface area contributed by atoms with Crippen molar-refractivity contribution in [1.82, 2.24) is 0 Å². The summed E-state index contributed by atoms with van der Waals surface area (Å²) in [5, 5.41) is 0. The third-order valence-electron chi connectivity index (χ3n) is 0. The van der Waals surface area contributed by atoms with Crippen LogP contribution in [0.2, 0.25) is 0 Å². The van der Waals surface area contributed by atoms with Gasteiger partial charge in [0.1, 0.15) is 0 Å². The van der Waals surface area contributed by atoms with Crippen LogP contribution in [0.3, 0.4) is 0 Å². The fourth-order valence-electron chi connectivity index (χ4n) is 0. The van der Waals surface area contributed by atoms with Crippen molar-refractivity contribution in [2.24, 2.45) is 0 Å². The molecule has 0 spiro atoms. The second-order valence-electron chi connectivity index (χ2n) is 0.253. The molecule has 0 amide bonds. The van der Waals surface area contributed by atoms with Crippen LogP contribution in [0.5, 0.6) is 0 Å². The average molecular weight is 141 g/mol. The van der Waals surface area contributed by atoms with Crippen molar-refractivity contribution in [2.45, 2.75) is 7.43 Å². The molecule has 0 saturated heterocycles. The summed E-state index contributed by atoms with van der Waals surface area (Å²) >= 11 is -3.44. The molecule has 2 N–H and O–H groups in total. The number of rotatable bonds is 0. The molecule has 0 aromatic carbocycles. The van der Waals surface area contributed by atoms with Crippen molar-refractivity contribution >= 4 is 15.3 Å². The maximum atomic E-state index is 8.78. The van der Waals surface area contributed by atoms with Crippen LogP contribution in [0, 0.1) is 0 Å². The van der Waals surface area contributed by atoms with Crippen molar-refractivity contribution in [1.29, 1.82) is 0 Å². The van der Waals surface area contributed by atoms with Gasteiger partial charge in [-0.05, 0) is 0 Å². The Bertz CT molecular complexity index is 29.9. The van der Waals surface area contributed by atoms with Gasteiger partial charge in [0.25, 0.3) is 0 Å². The molecule has 0 aromatic rings. The van der Waals surface area contributed by atoms with E-state index in [9.17, 15) is 0 Å². The topological polar surface area (TPSA) is 57.5 Å². The molecule has 5 heavy (non-hydrogen) atoms. The van der Waals surface area contributed by atoms with Gasteiger partial charge in [0.15, 0.2) is 0 Å². The average Bonchev–Trinajstić information content (AvgIpc) is 0.811. The molecule has 0 saturated carbocycles. The van der Waals surface area contributed by atoms with Gasteiger partial charge in [-0.2, -0.15) is 0 Å². The van der Waals surface area contributed by atoms with Crippen LogP contribution in [0.1, 0.15) is 7.43 Å². The van der Waals surface area contributed by atoms with Gasteiger partial charge in [-0.1, -0.05) is 7.43 Å². The van der Waals surface area contributed by atoms with E-state index in [2.05, 4.69) is 0 Å². The molecule has 0 bridgehead atoms. The van der Waals surface area contributed by atoms with Crippen LogP contribution in [0.4, 0.5) is 0 Å². The zero-order chi connectivity index (χ0) is 3.58. The van der Waals surface area contributed by atoms with E-state index in [4.69, 9.17) is 11.9 Å². The Morgan fingerprint density at radius 2 is 1.40 bits per heavy atom. The first kappa shape index (κ1) is 8.99. The first-order valence-electron chi connectivity index (χ1n) is 0.583. The maximum absolute atomic E-state index is 8.78. The second kappa shape index (κ2) is 4.28. The van der Waals surface area contributed by atoms with Crippen LogP contribution in [0.25, 0.3) is 0 Å². The predicted octanol–water partition coefficient (Wildman–Crippen LogP) is -0.978. The summed E-state index contributed by atoms with van der Waals surface area (Å²) in [7, 11) is 0. The summed E-state index contributed by atoms with van der Waals surface area (Å²) in [6, 6.07) is 0. The molecule has 0 aromatic heterocycles. The van der Waals surface area contributed by atoms with Crippen LogP contribution >= 0.6 is 0 Å². The number of hydrogen-bond acceptors (Lipinski definition) is 1. The molecule has 0 aliphatic heterocycles. The summed E-state index contributed by atoms with van der Waals surface area (Å²) < 4.78 is 23.2. The standard InChI is InChI=1S/CH4.AsH2O3/c;2-1(3)4/h1H4;(H2,2,3,4). The zero-order valence-electron chi connectivity index (χ0n) is 1.75. The van der Waals surface area contributed by atoms with Crippen LogP contribution < -0.4 is 0 Å². The Morgan fingerprint density at radius 3 is 1.40 bits per heavy atom. The van der Waals surface area contributed by atoms with Crippen molar-refractivity contribution < 1.29 is 11.9 Å². The molecule has 4 heteroatoms. The predicted molar refractivity (Wildman–Crippen MR) is 17.6 cm³/mol. The Kier molecular flexibility index (Phi) is 7.69. The third-order valence-corrected chi connectivity index (χ3v) is 0. The molecule has 0 atom stereocenters. The molecular weight excluding hydrogens is 135 g/mol. The summed E-state index contributed by atoms with van der Waals surface area (Å²) in [6.45, 7) is 0. The molecule has 0 unspecified atom stereocenters. The van der Waals surface area contributed by atoms with E-state index < -0.39 is 15.3 Å². The fraction of sp³-hybridized carbons (Fsp3) is 1.00. The SMILES string of the molecule is C.O=[As](O)O. The third kappa shape index (κ3) is 286. The Labute approximate surface area is 35.4 Å². The molecule has 1 radical (unpaired) electrons. The first-order chi connectivity index (χ1) is 1.73. The van der Waals surface area contributed by atoms with E-state index in [1.807, 2.05) is 0 Å². The zero-order valence-corrected chi connectivity index (χ0v) is 3.63. The van der Waals surface area contributed by atoms with Gasteiger partial charge in [-0.15, -0.1) is 0 Å². The van der Waals surface area contributed by atoms with Gasteiger partial charge in [0, 0.05) is 0 Å². The normalized spacial score (nSPS) is 5.20.